The van der Waals surface area contributed by atoms with Crippen molar-refractivity contribution in [3.8, 4) is 0 Å². The Labute approximate surface area is 87.1 Å². The van der Waals surface area contributed by atoms with Gasteiger partial charge in [-0.15, -0.1) is 0 Å². The molecule has 1 atom stereocenters. The molecule has 6 heteroatoms. The van der Waals surface area contributed by atoms with Crippen LogP contribution in [0.5, 0.6) is 0 Å². The van der Waals surface area contributed by atoms with Crippen molar-refractivity contribution in [2.45, 2.75) is 25.1 Å². The van der Waals surface area contributed by atoms with Gasteiger partial charge < -0.3 is 15.4 Å². The number of aliphatic hydroxyl groups excluding tert-OH is 1. The van der Waals surface area contributed by atoms with Crippen molar-refractivity contribution >= 4 is 11.8 Å². The molecule has 0 aliphatic carbocycles. The van der Waals surface area contributed by atoms with E-state index >= 15 is 0 Å². The van der Waals surface area contributed by atoms with Gasteiger partial charge in [-0.1, -0.05) is 12.1 Å². The quantitative estimate of drug-likeness (QED) is 0.729. The third-order valence-electron chi connectivity index (χ3n) is 1.68. The number of thioether (sulfide) groups is 1. The maximum atomic E-state index is 8.67. The molecule has 0 fully saturated rings. The van der Waals surface area contributed by atoms with Gasteiger partial charge in [0.15, 0.2) is 5.82 Å². The van der Waals surface area contributed by atoms with Crippen LogP contribution in [0.4, 0.5) is 0 Å². The zero-order chi connectivity index (χ0) is 10.4. The summed E-state index contributed by atoms with van der Waals surface area (Å²) in [5.41, 5.74) is 5.68. The second-order valence-electron chi connectivity index (χ2n) is 2.80. The number of nitrogens with zero attached hydrogens (tertiary/aromatic N) is 2. The molecule has 0 aliphatic rings. The van der Waals surface area contributed by atoms with E-state index in [4.69, 9.17) is 15.4 Å². The standard InChI is InChI=1S/C8H15N3O2S/c1-2-14-5-7-10-8(13-11-7)6(9)3-4-12/h6,12H,2-5,9H2,1H3. The lowest BCUT2D eigenvalue weighted by Gasteiger charge is -2.01. The van der Waals surface area contributed by atoms with Gasteiger partial charge in [0, 0.05) is 6.61 Å². The highest BCUT2D eigenvalue weighted by Crippen LogP contribution is 2.13. The van der Waals surface area contributed by atoms with Crippen LogP contribution in [-0.4, -0.2) is 27.6 Å². The lowest BCUT2D eigenvalue weighted by molar-refractivity contribution is 0.259. The molecule has 5 nitrogen and oxygen atoms in total. The van der Waals surface area contributed by atoms with Crippen molar-refractivity contribution in [2.24, 2.45) is 5.73 Å². The molecule has 1 aromatic rings. The van der Waals surface area contributed by atoms with Gasteiger partial charge in [-0.05, 0) is 12.2 Å². The normalized spacial score (nSPS) is 13.1. The van der Waals surface area contributed by atoms with Crippen LogP contribution in [0.25, 0.3) is 0 Å². The Kier molecular flexibility index (Phi) is 4.92. The van der Waals surface area contributed by atoms with Crippen LogP contribution in [0.3, 0.4) is 0 Å². The molecule has 1 rings (SSSR count). The van der Waals surface area contributed by atoms with Gasteiger partial charge in [0.2, 0.25) is 5.89 Å². The van der Waals surface area contributed by atoms with E-state index < -0.39 is 0 Å². The molecular weight excluding hydrogens is 202 g/mol. The number of hydrogen-bond acceptors (Lipinski definition) is 6. The Hall–Kier alpha value is -0.590. The van der Waals surface area contributed by atoms with Crippen LogP contribution in [0, 0.1) is 0 Å². The first-order valence-electron chi connectivity index (χ1n) is 4.54. The van der Waals surface area contributed by atoms with Crippen molar-refractivity contribution < 1.29 is 9.63 Å². The number of nitrogens with two attached hydrogens (primary N) is 1. The molecule has 1 aromatic heterocycles. The van der Waals surface area contributed by atoms with Gasteiger partial charge in [-0.3, -0.25) is 0 Å². The van der Waals surface area contributed by atoms with E-state index in [-0.39, 0.29) is 12.6 Å². The summed E-state index contributed by atoms with van der Waals surface area (Å²) in [5.74, 6) is 2.84. The highest BCUT2D eigenvalue weighted by Gasteiger charge is 2.13. The van der Waals surface area contributed by atoms with Crippen LogP contribution in [0.15, 0.2) is 4.52 Å². The minimum Gasteiger partial charge on any atom is -0.396 e. The average molecular weight is 217 g/mol. The largest absolute Gasteiger partial charge is 0.396 e. The van der Waals surface area contributed by atoms with Crippen LogP contribution in [-0.2, 0) is 5.75 Å². The lowest BCUT2D eigenvalue weighted by atomic mass is 10.2. The third-order valence-corrected chi connectivity index (χ3v) is 2.55. The Balaban J connectivity index is 2.49. The molecule has 0 aromatic carbocycles. The fourth-order valence-corrected chi connectivity index (χ4v) is 1.44. The zero-order valence-corrected chi connectivity index (χ0v) is 8.96. The van der Waals surface area contributed by atoms with Crippen LogP contribution < -0.4 is 5.73 Å². The SMILES string of the molecule is CCSCc1noc(C(N)CCO)n1. The Morgan fingerprint density at radius 2 is 2.43 bits per heavy atom. The van der Waals surface area contributed by atoms with Gasteiger partial charge >= 0.3 is 0 Å². The second kappa shape index (κ2) is 6.00. The molecule has 80 valence electrons. The van der Waals surface area contributed by atoms with E-state index in [0.717, 1.165) is 11.5 Å². The number of rotatable bonds is 6. The van der Waals surface area contributed by atoms with Crippen LogP contribution in [0.2, 0.25) is 0 Å². The first-order valence-corrected chi connectivity index (χ1v) is 5.70. The van der Waals surface area contributed by atoms with E-state index in [1.54, 1.807) is 11.8 Å². The number of hydrogen-bond donors (Lipinski definition) is 2. The summed E-state index contributed by atoms with van der Waals surface area (Å²) >= 11 is 1.72. The summed E-state index contributed by atoms with van der Waals surface area (Å²) < 4.78 is 4.97. The van der Waals surface area contributed by atoms with E-state index in [0.29, 0.717) is 18.1 Å². The summed E-state index contributed by atoms with van der Waals surface area (Å²) in [6, 6.07) is -0.354. The summed E-state index contributed by atoms with van der Waals surface area (Å²) in [6.45, 7) is 2.10. The summed E-state index contributed by atoms with van der Waals surface area (Å²) in [7, 11) is 0. The van der Waals surface area contributed by atoms with Gasteiger partial charge in [-0.2, -0.15) is 16.7 Å². The minimum absolute atomic E-state index is 0.0303. The maximum Gasteiger partial charge on any atom is 0.243 e. The fourth-order valence-electron chi connectivity index (χ4n) is 0.933. The Morgan fingerprint density at radius 1 is 1.64 bits per heavy atom. The highest BCUT2D eigenvalue weighted by atomic mass is 32.2. The predicted octanol–water partition coefficient (Wildman–Crippen LogP) is 0.705. The molecule has 0 bridgehead atoms. The van der Waals surface area contributed by atoms with E-state index in [1.165, 1.54) is 0 Å². The Bertz CT molecular complexity index is 267. The molecule has 1 heterocycles. The number of aliphatic hydroxyl groups is 1. The van der Waals surface area contributed by atoms with Crippen LogP contribution in [0.1, 0.15) is 31.1 Å². The summed E-state index contributed by atoms with van der Waals surface area (Å²) in [6.07, 6.45) is 0.447. The van der Waals surface area contributed by atoms with Crippen molar-refractivity contribution in [3.05, 3.63) is 11.7 Å². The molecule has 0 aliphatic heterocycles. The van der Waals surface area contributed by atoms with Crippen molar-refractivity contribution in [2.75, 3.05) is 12.4 Å². The average Bonchev–Trinajstić information content (AvgIpc) is 2.63. The first kappa shape index (κ1) is 11.5. The van der Waals surface area contributed by atoms with E-state index in [9.17, 15) is 0 Å². The van der Waals surface area contributed by atoms with Crippen molar-refractivity contribution in [1.82, 2.24) is 10.1 Å². The van der Waals surface area contributed by atoms with Crippen molar-refractivity contribution in [3.63, 3.8) is 0 Å². The Morgan fingerprint density at radius 3 is 3.07 bits per heavy atom. The first-order chi connectivity index (χ1) is 6.77. The zero-order valence-electron chi connectivity index (χ0n) is 8.14. The van der Waals surface area contributed by atoms with Crippen LogP contribution >= 0.6 is 11.8 Å². The molecule has 0 saturated carbocycles. The van der Waals surface area contributed by atoms with Gasteiger partial charge in [0.05, 0.1) is 11.8 Å². The smallest absolute Gasteiger partial charge is 0.243 e. The molecule has 1 unspecified atom stereocenters. The molecule has 3 N–H and O–H groups in total. The third kappa shape index (κ3) is 3.28. The van der Waals surface area contributed by atoms with Gasteiger partial charge in [-0.25, -0.2) is 0 Å². The number of aromatic nitrogens is 2. The summed E-state index contributed by atoms with van der Waals surface area (Å²) in [4.78, 5) is 4.13. The topological polar surface area (TPSA) is 85.2 Å². The molecule has 14 heavy (non-hydrogen) atoms. The van der Waals surface area contributed by atoms with E-state index in [1.807, 2.05) is 0 Å². The van der Waals surface area contributed by atoms with Gasteiger partial charge in [0.1, 0.15) is 0 Å². The van der Waals surface area contributed by atoms with Crippen molar-refractivity contribution in [1.29, 1.82) is 0 Å². The summed E-state index contributed by atoms with van der Waals surface area (Å²) in [5, 5.41) is 12.5. The highest BCUT2D eigenvalue weighted by molar-refractivity contribution is 7.98. The lowest BCUT2D eigenvalue weighted by Crippen LogP contribution is -2.12. The minimum atomic E-state index is -0.354. The molecular formula is C8H15N3O2S. The van der Waals surface area contributed by atoms with E-state index in [2.05, 4.69) is 17.1 Å². The molecule has 0 amide bonds. The monoisotopic (exact) mass is 217 g/mol. The maximum absolute atomic E-state index is 8.67. The molecule has 0 radical (unpaired) electrons. The predicted molar refractivity (Wildman–Crippen MR) is 54.8 cm³/mol. The molecule has 0 saturated heterocycles. The second-order valence-corrected chi connectivity index (χ2v) is 4.08. The fraction of sp³-hybridized carbons (Fsp3) is 0.750. The molecule has 0 spiro atoms. The van der Waals surface area contributed by atoms with Gasteiger partial charge in [0.25, 0.3) is 0 Å².